The Bertz CT molecular complexity index is 253. The van der Waals surface area contributed by atoms with Crippen molar-refractivity contribution >= 4 is 17.4 Å². The predicted molar refractivity (Wildman–Crippen MR) is 50.0 cm³/mol. The van der Waals surface area contributed by atoms with E-state index in [2.05, 4.69) is 23.8 Å². The van der Waals surface area contributed by atoms with Crippen molar-refractivity contribution in [3.8, 4) is 0 Å². The number of nitrogen functional groups attached to an aromatic ring is 1. The van der Waals surface area contributed by atoms with Crippen LogP contribution in [0.1, 0.15) is 19.4 Å². The number of hydrogen-bond donors (Lipinski definition) is 1. The number of nitrogens with zero attached hydrogens (tertiary/aromatic N) is 2. The van der Waals surface area contributed by atoms with Gasteiger partial charge in [-0.05, 0) is 12.3 Å². The highest BCUT2D eigenvalue weighted by atomic mass is 35.5. The summed E-state index contributed by atoms with van der Waals surface area (Å²) in [5.41, 5.74) is 6.49. The number of nitrogens with two attached hydrogens (primary N) is 1. The minimum Gasteiger partial charge on any atom is -0.383 e. The molecule has 0 aromatic carbocycles. The zero-order chi connectivity index (χ0) is 9.14. The van der Waals surface area contributed by atoms with E-state index in [0.717, 1.165) is 12.0 Å². The van der Waals surface area contributed by atoms with Crippen LogP contribution in [0.2, 0.25) is 5.15 Å². The molecule has 66 valence electrons. The monoisotopic (exact) mass is 185 g/mol. The van der Waals surface area contributed by atoms with Gasteiger partial charge in [0.1, 0.15) is 17.3 Å². The molecule has 12 heavy (non-hydrogen) atoms. The van der Waals surface area contributed by atoms with Gasteiger partial charge in [0.15, 0.2) is 0 Å². The molecule has 0 unspecified atom stereocenters. The lowest BCUT2D eigenvalue weighted by molar-refractivity contribution is 0.645. The van der Waals surface area contributed by atoms with Crippen molar-refractivity contribution in [3.05, 3.63) is 17.0 Å². The van der Waals surface area contributed by atoms with E-state index in [1.54, 1.807) is 0 Å². The summed E-state index contributed by atoms with van der Waals surface area (Å²) in [6.45, 7) is 4.20. The van der Waals surface area contributed by atoms with Crippen LogP contribution in [0.25, 0.3) is 0 Å². The molecule has 0 aliphatic rings. The lowest BCUT2D eigenvalue weighted by atomic mass is 10.1. The van der Waals surface area contributed by atoms with Gasteiger partial charge in [-0.25, -0.2) is 9.97 Å². The molecule has 2 N–H and O–H groups in total. The highest BCUT2D eigenvalue weighted by Crippen LogP contribution is 2.20. The third-order valence-electron chi connectivity index (χ3n) is 1.54. The first-order valence-corrected chi connectivity index (χ1v) is 4.24. The van der Waals surface area contributed by atoms with Gasteiger partial charge in [-0.3, -0.25) is 0 Å². The highest BCUT2D eigenvalue weighted by Gasteiger charge is 2.08. The van der Waals surface area contributed by atoms with E-state index in [1.165, 1.54) is 6.33 Å². The first-order valence-electron chi connectivity index (χ1n) is 3.86. The number of aromatic nitrogens is 2. The fourth-order valence-electron chi connectivity index (χ4n) is 1.00. The quantitative estimate of drug-likeness (QED) is 0.717. The van der Waals surface area contributed by atoms with E-state index >= 15 is 0 Å². The molecule has 1 aromatic rings. The molecular formula is C8H12ClN3. The molecule has 1 aromatic heterocycles. The molecule has 0 aliphatic carbocycles. The van der Waals surface area contributed by atoms with Crippen LogP contribution in [0, 0.1) is 5.92 Å². The maximum atomic E-state index is 5.84. The minimum absolute atomic E-state index is 0.469. The maximum Gasteiger partial charge on any atom is 0.137 e. The predicted octanol–water partition coefficient (Wildman–Crippen LogP) is 1.91. The van der Waals surface area contributed by atoms with Gasteiger partial charge in [-0.15, -0.1) is 0 Å². The van der Waals surface area contributed by atoms with Crippen LogP contribution < -0.4 is 5.73 Å². The van der Waals surface area contributed by atoms with E-state index in [-0.39, 0.29) is 0 Å². The van der Waals surface area contributed by atoms with Crippen molar-refractivity contribution in [3.63, 3.8) is 0 Å². The zero-order valence-electron chi connectivity index (χ0n) is 7.21. The third kappa shape index (κ3) is 2.08. The molecule has 1 rings (SSSR count). The van der Waals surface area contributed by atoms with Crippen molar-refractivity contribution in [2.45, 2.75) is 20.3 Å². The molecule has 1 heterocycles. The average Bonchev–Trinajstić information content (AvgIpc) is 1.97. The van der Waals surface area contributed by atoms with Gasteiger partial charge in [0, 0.05) is 5.56 Å². The second-order valence-corrected chi connectivity index (χ2v) is 3.48. The molecule has 0 fully saturated rings. The Labute approximate surface area is 77.0 Å². The molecular weight excluding hydrogens is 174 g/mol. The first kappa shape index (κ1) is 9.26. The Morgan fingerprint density at radius 3 is 2.67 bits per heavy atom. The van der Waals surface area contributed by atoms with Crippen LogP contribution in [0.5, 0.6) is 0 Å². The number of hydrogen-bond acceptors (Lipinski definition) is 3. The van der Waals surface area contributed by atoms with E-state index < -0.39 is 0 Å². The average molecular weight is 186 g/mol. The van der Waals surface area contributed by atoms with E-state index in [4.69, 9.17) is 17.3 Å². The van der Waals surface area contributed by atoms with Crippen molar-refractivity contribution in [2.24, 2.45) is 5.92 Å². The van der Waals surface area contributed by atoms with Gasteiger partial charge in [-0.1, -0.05) is 25.4 Å². The van der Waals surface area contributed by atoms with Gasteiger partial charge < -0.3 is 5.73 Å². The van der Waals surface area contributed by atoms with Gasteiger partial charge >= 0.3 is 0 Å². The summed E-state index contributed by atoms with van der Waals surface area (Å²) in [5, 5.41) is 0.469. The summed E-state index contributed by atoms with van der Waals surface area (Å²) in [6.07, 6.45) is 2.20. The third-order valence-corrected chi connectivity index (χ3v) is 1.86. The topological polar surface area (TPSA) is 51.8 Å². The second kappa shape index (κ2) is 3.72. The van der Waals surface area contributed by atoms with Crippen LogP contribution in [0.3, 0.4) is 0 Å². The SMILES string of the molecule is CC(C)Cc1c(N)ncnc1Cl. The Balaban J connectivity index is 2.96. The maximum absolute atomic E-state index is 5.84. The molecule has 0 amide bonds. The summed E-state index contributed by atoms with van der Waals surface area (Å²) in [4.78, 5) is 7.74. The summed E-state index contributed by atoms with van der Waals surface area (Å²) in [7, 11) is 0. The Morgan fingerprint density at radius 2 is 2.17 bits per heavy atom. The summed E-state index contributed by atoms with van der Waals surface area (Å²) >= 11 is 5.84. The number of anilines is 1. The van der Waals surface area contributed by atoms with Gasteiger partial charge in [-0.2, -0.15) is 0 Å². The minimum atomic E-state index is 0.469. The standard InChI is InChI=1S/C8H12ClN3/c1-5(2)3-6-7(9)11-4-12-8(6)10/h4-5H,3H2,1-2H3,(H2,10,11,12). The van der Waals surface area contributed by atoms with Crippen LogP contribution in [-0.2, 0) is 6.42 Å². The van der Waals surface area contributed by atoms with Crippen molar-refractivity contribution in [1.29, 1.82) is 0 Å². The molecule has 0 bridgehead atoms. The lowest BCUT2D eigenvalue weighted by Gasteiger charge is -2.07. The lowest BCUT2D eigenvalue weighted by Crippen LogP contribution is -2.03. The smallest absolute Gasteiger partial charge is 0.137 e. The first-order chi connectivity index (χ1) is 5.61. The zero-order valence-corrected chi connectivity index (χ0v) is 7.97. The van der Waals surface area contributed by atoms with Crippen LogP contribution in [0.15, 0.2) is 6.33 Å². The summed E-state index contributed by atoms with van der Waals surface area (Å²) < 4.78 is 0. The highest BCUT2D eigenvalue weighted by molar-refractivity contribution is 6.30. The normalized spacial score (nSPS) is 10.7. The van der Waals surface area contributed by atoms with Crippen LogP contribution in [-0.4, -0.2) is 9.97 Å². The van der Waals surface area contributed by atoms with E-state index in [0.29, 0.717) is 16.9 Å². The number of halogens is 1. The van der Waals surface area contributed by atoms with E-state index in [9.17, 15) is 0 Å². The fraction of sp³-hybridized carbons (Fsp3) is 0.500. The van der Waals surface area contributed by atoms with Gasteiger partial charge in [0.25, 0.3) is 0 Å². The van der Waals surface area contributed by atoms with Crippen molar-refractivity contribution in [2.75, 3.05) is 5.73 Å². The fourth-order valence-corrected chi connectivity index (χ4v) is 1.22. The molecule has 0 aliphatic heterocycles. The van der Waals surface area contributed by atoms with Crippen molar-refractivity contribution in [1.82, 2.24) is 9.97 Å². The molecule has 0 radical (unpaired) electrons. The van der Waals surface area contributed by atoms with Crippen LogP contribution >= 0.6 is 11.6 Å². The molecule has 3 nitrogen and oxygen atoms in total. The number of rotatable bonds is 2. The summed E-state index contributed by atoms with van der Waals surface area (Å²) in [5.74, 6) is 1.000. The van der Waals surface area contributed by atoms with Crippen molar-refractivity contribution < 1.29 is 0 Å². The van der Waals surface area contributed by atoms with Crippen LogP contribution in [0.4, 0.5) is 5.82 Å². The Morgan fingerprint density at radius 1 is 1.50 bits per heavy atom. The second-order valence-electron chi connectivity index (χ2n) is 3.13. The molecule has 0 atom stereocenters. The molecule has 0 saturated heterocycles. The molecule has 4 heteroatoms. The Kier molecular flexibility index (Phi) is 2.87. The Hall–Kier alpha value is -0.830. The van der Waals surface area contributed by atoms with Gasteiger partial charge in [0.2, 0.25) is 0 Å². The van der Waals surface area contributed by atoms with Gasteiger partial charge in [0.05, 0.1) is 0 Å². The molecule has 0 spiro atoms. The largest absolute Gasteiger partial charge is 0.383 e. The van der Waals surface area contributed by atoms with E-state index in [1.807, 2.05) is 0 Å². The molecule has 0 saturated carbocycles. The summed E-state index contributed by atoms with van der Waals surface area (Å²) in [6, 6.07) is 0.